The Balaban J connectivity index is 2.75. The van der Waals surface area contributed by atoms with Crippen molar-refractivity contribution in [3.05, 3.63) is 39.1 Å². The molecule has 0 saturated carbocycles. The van der Waals surface area contributed by atoms with Gasteiger partial charge in [-0.15, -0.1) is 0 Å². The molecule has 4 heteroatoms. The minimum absolute atomic E-state index is 0.546. The summed E-state index contributed by atoms with van der Waals surface area (Å²) in [6, 6.07) is 6.43. The average molecular weight is 304 g/mol. The maximum absolute atomic E-state index is 9.10. The highest BCUT2D eigenvalue weighted by Gasteiger charge is 2.17. The fraction of sp³-hybridized carbons (Fsp3) is 0.286. The van der Waals surface area contributed by atoms with Gasteiger partial charge < -0.3 is 4.57 Å². The molecule has 0 saturated heterocycles. The fourth-order valence-corrected chi connectivity index (χ4v) is 2.87. The van der Waals surface area contributed by atoms with Crippen LogP contribution in [0, 0.1) is 32.1 Å². The SMILES string of the molecule is Cc1cc(C)c(-c2nc(Br)c(C#N)n2C)c(C)c1. The van der Waals surface area contributed by atoms with Gasteiger partial charge in [-0.2, -0.15) is 5.26 Å². The zero-order valence-corrected chi connectivity index (χ0v) is 12.5. The van der Waals surface area contributed by atoms with Crippen LogP contribution in [0.4, 0.5) is 0 Å². The Morgan fingerprint density at radius 2 is 1.78 bits per heavy atom. The molecular weight excluding hydrogens is 290 g/mol. The van der Waals surface area contributed by atoms with E-state index in [1.165, 1.54) is 16.7 Å². The number of nitriles is 1. The molecule has 92 valence electrons. The summed E-state index contributed by atoms with van der Waals surface area (Å²) in [5.74, 6) is 0.827. The van der Waals surface area contributed by atoms with Gasteiger partial charge in [0.15, 0.2) is 5.69 Å². The summed E-state index contributed by atoms with van der Waals surface area (Å²) in [5.41, 5.74) is 5.24. The van der Waals surface area contributed by atoms with E-state index >= 15 is 0 Å². The van der Waals surface area contributed by atoms with E-state index < -0.39 is 0 Å². The predicted molar refractivity (Wildman–Crippen MR) is 75.3 cm³/mol. The molecule has 0 bridgehead atoms. The molecule has 0 aliphatic carbocycles. The molecule has 18 heavy (non-hydrogen) atoms. The highest BCUT2D eigenvalue weighted by Crippen LogP contribution is 2.30. The van der Waals surface area contributed by atoms with Gasteiger partial charge in [0.1, 0.15) is 16.5 Å². The summed E-state index contributed by atoms with van der Waals surface area (Å²) >= 11 is 3.33. The molecule has 1 aromatic heterocycles. The van der Waals surface area contributed by atoms with Gasteiger partial charge in [-0.05, 0) is 47.8 Å². The van der Waals surface area contributed by atoms with Gasteiger partial charge in [0.2, 0.25) is 0 Å². The van der Waals surface area contributed by atoms with Crippen LogP contribution in [0.3, 0.4) is 0 Å². The van der Waals surface area contributed by atoms with Crippen LogP contribution in [0.15, 0.2) is 16.7 Å². The van der Waals surface area contributed by atoms with Crippen LogP contribution >= 0.6 is 15.9 Å². The first kappa shape index (κ1) is 12.8. The molecule has 0 radical (unpaired) electrons. The van der Waals surface area contributed by atoms with Crippen LogP contribution in [0.1, 0.15) is 22.4 Å². The van der Waals surface area contributed by atoms with Crippen LogP contribution in [-0.2, 0) is 7.05 Å². The minimum Gasteiger partial charge on any atom is -0.318 e. The molecule has 0 N–H and O–H groups in total. The Morgan fingerprint density at radius 1 is 1.22 bits per heavy atom. The van der Waals surface area contributed by atoms with Gasteiger partial charge in [-0.3, -0.25) is 0 Å². The van der Waals surface area contributed by atoms with E-state index in [2.05, 4.69) is 59.9 Å². The first-order valence-corrected chi connectivity index (χ1v) is 6.45. The van der Waals surface area contributed by atoms with E-state index in [0.717, 1.165) is 11.4 Å². The van der Waals surface area contributed by atoms with Crippen molar-refractivity contribution in [3.63, 3.8) is 0 Å². The molecular formula is C14H14BrN3. The molecule has 2 aromatic rings. The lowest BCUT2D eigenvalue weighted by Crippen LogP contribution is -1.99. The van der Waals surface area contributed by atoms with Gasteiger partial charge in [-0.25, -0.2) is 4.98 Å². The van der Waals surface area contributed by atoms with Gasteiger partial charge in [0.25, 0.3) is 0 Å². The second-order valence-corrected chi connectivity index (χ2v) is 5.27. The Morgan fingerprint density at radius 3 is 2.22 bits per heavy atom. The lowest BCUT2D eigenvalue weighted by Gasteiger charge is -2.11. The zero-order chi connectivity index (χ0) is 13.4. The number of hydrogen-bond donors (Lipinski definition) is 0. The first-order valence-electron chi connectivity index (χ1n) is 5.66. The molecule has 0 spiro atoms. The molecule has 0 unspecified atom stereocenters. The second-order valence-electron chi connectivity index (χ2n) is 4.52. The number of rotatable bonds is 1. The number of halogens is 1. The topological polar surface area (TPSA) is 41.6 Å². The van der Waals surface area contributed by atoms with E-state index in [1.807, 2.05) is 11.6 Å². The third-order valence-corrected chi connectivity index (χ3v) is 3.61. The molecule has 0 aliphatic rings. The van der Waals surface area contributed by atoms with Crippen LogP contribution in [0.2, 0.25) is 0 Å². The molecule has 3 nitrogen and oxygen atoms in total. The van der Waals surface area contributed by atoms with Crippen molar-refractivity contribution in [1.82, 2.24) is 9.55 Å². The van der Waals surface area contributed by atoms with Gasteiger partial charge >= 0.3 is 0 Å². The monoisotopic (exact) mass is 303 g/mol. The molecule has 0 atom stereocenters. The smallest absolute Gasteiger partial charge is 0.154 e. The highest BCUT2D eigenvalue weighted by atomic mass is 79.9. The largest absolute Gasteiger partial charge is 0.318 e. The number of aryl methyl sites for hydroxylation is 3. The van der Waals surface area contributed by atoms with Gasteiger partial charge in [0.05, 0.1) is 0 Å². The second kappa shape index (κ2) is 4.58. The summed E-state index contributed by atoms with van der Waals surface area (Å²) in [6.45, 7) is 6.23. The summed E-state index contributed by atoms with van der Waals surface area (Å²) in [7, 11) is 1.87. The molecule has 0 fully saturated rings. The maximum Gasteiger partial charge on any atom is 0.154 e. The molecule has 1 aromatic carbocycles. The Bertz CT molecular complexity index is 639. The average Bonchev–Trinajstić information content (AvgIpc) is 2.53. The summed E-state index contributed by atoms with van der Waals surface area (Å²) in [5, 5.41) is 9.10. The molecule has 1 heterocycles. The normalized spacial score (nSPS) is 10.4. The van der Waals surface area contributed by atoms with Crippen molar-refractivity contribution in [2.45, 2.75) is 20.8 Å². The number of hydrogen-bond acceptors (Lipinski definition) is 2. The summed E-state index contributed by atoms with van der Waals surface area (Å²) < 4.78 is 2.43. The van der Waals surface area contributed by atoms with E-state index in [0.29, 0.717) is 10.3 Å². The third kappa shape index (κ3) is 1.95. The lowest BCUT2D eigenvalue weighted by molar-refractivity contribution is 0.903. The highest BCUT2D eigenvalue weighted by molar-refractivity contribution is 9.10. The Labute approximate surface area is 115 Å². The van der Waals surface area contributed by atoms with E-state index in [9.17, 15) is 0 Å². The zero-order valence-electron chi connectivity index (χ0n) is 10.9. The first-order chi connectivity index (χ1) is 8.45. The summed E-state index contributed by atoms with van der Waals surface area (Å²) in [6.07, 6.45) is 0. The molecule has 0 amide bonds. The van der Waals surface area contributed by atoms with Crippen molar-refractivity contribution in [1.29, 1.82) is 5.26 Å². The van der Waals surface area contributed by atoms with Crippen LogP contribution in [-0.4, -0.2) is 9.55 Å². The quantitative estimate of drug-likeness (QED) is 0.807. The standard InChI is InChI=1S/C14H14BrN3/c1-8-5-9(2)12(10(3)6-8)14-17-13(15)11(7-16)18(14)4/h5-6H,1-4H3. The lowest BCUT2D eigenvalue weighted by atomic mass is 9.99. The fourth-order valence-electron chi connectivity index (χ4n) is 2.34. The van der Waals surface area contributed by atoms with Crippen molar-refractivity contribution in [2.75, 3.05) is 0 Å². The number of imidazole rings is 1. The number of benzene rings is 1. The van der Waals surface area contributed by atoms with Crippen molar-refractivity contribution in [3.8, 4) is 17.5 Å². The van der Waals surface area contributed by atoms with Crippen LogP contribution in [0.25, 0.3) is 11.4 Å². The van der Waals surface area contributed by atoms with E-state index in [4.69, 9.17) is 5.26 Å². The Kier molecular flexibility index (Phi) is 3.27. The van der Waals surface area contributed by atoms with Crippen molar-refractivity contribution >= 4 is 15.9 Å². The number of aromatic nitrogens is 2. The number of nitrogens with zero attached hydrogens (tertiary/aromatic N) is 3. The maximum atomic E-state index is 9.10. The predicted octanol–water partition coefficient (Wildman–Crippen LogP) is 3.65. The van der Waals surface area contributed by atoms with Crippen LogP contribution in [0.5, 0.6) is 0 Å². The van der Waals surface area contributed by atoms with Gasteiger partial charge in [-0.1, -0.05) is 17.7 Å². The van der Waals surface area contributed by atoms with Gasteiger partial charge in [0, 0.05) is 12.6 Å². The minimum atomic E-state index is 0.546. The van der Waals surface area contributed by atoms with Crippen molar-refractivity contribution < 1.29 is 0 Å². The van der Waals surface area contributed by atoms with E-state index in [-0.39, 0.29) is 0 Å². The molecule has 0 aliphatic heterocycles. The Hall–Kier alpha value is -1.60. The van der Waals surface area contributed by atoms with Crippen LogP contribution < -0.4 is 0 Å². The molecule has 2 rings (SSSR count). The van der Waals surface area contributed by atoms with Crippen molar-refractivity contribution in [2.24, 2.45) is 7.05 Å². The van der Waals surface area contributed by atoms with E-state index in [1.54, 1.807) is 0 Å². The summed E-state index contributed by atoms with van der Waals surface area (Å²) in [4.78, 5) is 4.46. The third-order valence-electron chi connectivity index (χ3n) is 3.06.